The number of nitrogens with zero attached hydrogens (tertiary/aromatic N) is 3. The molecule has 7 rings (SSSR count). The fraction of sp³-hybridized carbons (Fsp3) is 0.667. The summed E-state index contributed by atoms with van der Waals surface area (Å²) >= 11 is 8.06. The summed E-state index contributed by atoms with van der Waals surface area (Å²) in [6.45, 7) is 9.03. The van der Waals surface area contributed by atoms with Crippen molar-refractivity contribution in [3.05, 3.63) is 46.5 Å². The topological polar surface area (TPSA) is 318 Å². The van der Waals surface area contributed by atoms with Crippen molar-refractivity contribution in [3.63, 3.8) is 0 Å². The number of imide groups is 2. The van der Waals surface area contributed by atoms with Crippen LogP contribution in [0, 0.1) is 0 Å². The Morgan fingerprint density at radius 1 is 0.849 bits per heavy atom. The molecule has 0 spiro atoms. The Bertz CT molecular complexity index is 2620. The molecular formula is C57H80ClN5O22S. The first kappa shape index (κ1) is 69.3. The number of anilines is 1. The number of thioether (sulfide) groups is 1. The quantitative estimate of drug-likeness (QED) is 0.0547. The number of nitrogens with one attached hydrogen (secondary N) is 2. The highest BCUT2D eigenvalue weighted by Crippen LogP contribution is 2.50. The van der Waals surface area contributed by atoms with Crippen molar-refractivity contribution in [2.75, 3.05) is 118 Å². The number of methoxy groups -OCH3 is 2. The molecule has 1 aromatic rings. The summed E-state index contributed by atoms with van der Waals surface area (Å²) in [4.78, 5) is 121. The SMILES string of the molecule is COc1cc2cc(c1Cl)N(C)C(=O)C[C@H](OC(=O)[C@H](C)OCCOCCSC1CC(=O)N(CCC(=O)NCCOCCOCCOCCOCCC(=O)ON3C(=O)CCC3=O)C1=O)[C@@]1(C)C[C@@](C)(O1)[C@@H]1C[C@@](O)(NC(=O)O1)[C@H](OC)/C=C/C=C(\C)C2. The highest BCUT2D eigenvalue weighted by molar-refractivity contribution is 8.00. The summed E-state index contributed by atoms with van der Waals surface area (Å²) < 4.78 is 62.7. The Kier molecular flexibility index (Phi) is 26.6. The average molecular weight is 1250 g/mol. The van der Waals surface area contributed by atoms with Gasteiger partial charge in [0.2, 0.25) is 23.6 Å². The van der Waals surface area contributed by atoms with E-state index in [1.165, 1.54) is 37.8 Å². The van der Waals surface area contributed by atoms with Crippen LogP contribution in [-0.4, -0.2) is 228 Å². The van der Waals surface area contributed by atoms with E-state index in [-0.39, 0.29) is 147 Å². The number of halogens is 1. The first-order valence-corrected chi connectivity index (χ1v) is 29.8. The third kappa shape index (κ3) is 19.6. The van der Waals surface area contributed by atoms with E-state index in [4.69, 9.17) is 68.5 Å². The molecule has 0 aromatic heterocycles. The fourth-order valence-electron chi connectivity index (χ4n) is 10.1. The first-order valence-electron chi connectivity index (χ1n) is 28.4. The number of ether oxygens (including phenoxy) is 11. The van der Waals surface area contributed by atoms with E-state index in [0.29, 0.717) is 41.9 Å². The molecule has 27 nitrogen and oxygen atoms in total. The summed E-state index contributed by atoms with van der Waals surface area (Å²) in [5.41, 5.74) is -2.37. The molecule has 0 saturated carbocycles. The van der Waals surface area contributed by atoms with Crippen LogP contribution in [0.25, 0.3) is 0 Å². The predicted octanol–water partition coefficient (Wildman–Crippen LogP) is 2.66. The minimum atomic E-state index is -1.90. The fourth-order valence-corrected chi connectivity index (χ4v) is 11.5. The number of hydrogen-bond acceptors (Lipinski definition) is 23. The van der Waals surface area contributed by atoms with Gasteiger partial charge in [0.05, 0.1) is 104 Å². The Balaban J connectivity index is 0.858. The predicted molar refractivity (Wildman–Crippen MR) is 305 cm³/mol. The molecule has 29 heteroatoms. The molecule has 7 amide bonds. The van der Waals surface area contributed by atoms with Gasteiger partial charge in [0.1, 0.15) is 40.3 Å². The molecule has 478 valence electrons. The third-order valence-electron chi connectivity index (χ3n) is 14.7. The van der Waals surface area contributed by atoms with Crippen molar-refractivity contribution in [1.29, 1.82) is 0 Å². The molecule has 3 N–H and O–H groups in total. The largest absolute Gasteiger partial charge is 0.495 e. The highest BCUT2D eigenvalue weighted by Gasteiger charge is 2.63. The summed E-state index contributed by atoms with van der Waals surface area (Å²) in [6, 6.07) is 3.54. The second-order valence-electron chi connectivity index (χ2n) is 21.4. The summed E-state index contributed by atoms with van der Waals surface area (Å²) in [5.74, 6) is -3.52. The molecule has 4 saturated heterocycles. The van der Waals surface area contributed by atoms with Gasteiger partial charge < -0.3 is 72.3 Å². The van der Waals surface area contributed by atoms with E-state index in [0.717, 1.165) is 16.0 Å². The van der Waals surface area contributed by atoms with Gasteiger partial charge in [-0.25, -0.2) is 14.4 Å². The van der Waals surface area contributed by atoms with Crippen LogP contribution in [0.1, 0.15) is 84.6 Å². The number of hydroxylamine groups is 2. The van der Waals surface area contributed by atoms with E-state index >= 15 is 0 Å². The van der Waals surface area contributed by atoms with Crippen molar-refractivity contribution in [3.8, 4) is 5.75 Å². The van der Waals surface area contributed by atoms with Gasteiger partial charge in [-0.2, -0.15) is 0 Å². The second kappa shape index (κ2) is 33.0. The van der Waals surface area contributed by atoms with Crippen LogP contribution in [0.3, 0.4) is 0 Å². The minimum absolute atomic E-state index is 0.0131. The molecule has 6 aliphatic rings. The van der Waals surface area contributed by atoms with Crippen LogP contribution in [0.2, 0.25) is 5.02 Å². The van der Waals surface area contributed by atoms with Crippen molar-refractivity contribution in [2.24, 2.45) is 0 Å². The molecule has 86 heavy (non-hydrogen) atoms. The Hall–Kier alpha value is -5.79. The molecule has 6 heterocycles. The third-order valence-corrected chi connectivity index (χ3v) is 16.2. The number of esters is 1. The van der Waals surface area contributed by atoms with Gasteiger partial charge >= 0.3 is 18.0 Å². The van der Waals surface area contributed by atoms with E-state index in [1.807, 2.05) is 13.0 Å². The number of amides is 7. The standard InChI is InChI=1S/C57H80ClN5O22S/c1-36-9-8-10-42(75-7)57(73)34-44(83-54(72)60-57)56(4)35-55(3,85-56)43(33-48(67)61(5)39-30-38(29-36)31-40(74-6)51(39)58)82-53(71)37(2)81-26-25-80-27-28-86-41-32-49(68)62(52(41)70)16-13-45(64)59-15-18-77-20-22-79-24-23-78-21-19-76-17-14-50(69)84-63-46(65)11-12-47(63)66/h8-10,30-31,37,41-44,73H,11-29,32-35H2,1-7H3,(H,59,64)(H,60,72)/b10-8+,36-9+/t37-,41?,42+,43-,44-,55+,56+,57-/m0/s1. The lowest BCUT2D eigenvalue weighted by Gasteiger charge is -2.59. The van der Waals surface area contributed by atoms with Gasteiger partial charge in [0.15, 0.2) is 11.8 Å². The van der Waals surface area contributed by atoms with Gasteiger partial charge in [-0.05, 0) is 51.8 Å². The number of aliphatic hydroxyl groups is 1. The van der Waals surface area contributed by atoms with Crippen LogP contribution in [-0.2, 0) is 97.0 Å². The van der Waals surface area contributed by atoms with E-state index in [1.54, 1.807) is 45.2 Å². The Morgan fingerprint density at radius 3 is 2.15 bits per heavy atom. The summed E-state index contributed by atoms with van der Waals surface area (Å²) in [5, 5.41) is 17.1. The summed E-state index contributed by atoms with van der Waals surface area (Å²) in [7, 11) is 4.43. The van der Waals surface area contributed by atoms with Crippen molar-refractivity contribution in [1.82, 2.24) is 20.6 Å². The van der Waals surface area contributed by atoms with Crippen LogP contribution in [0.15, 0.2) is 35.9 Å². The van der Waals surface area contributed by atoms with Gasteiger partial charge in [-0.15, -0.1) is 16.8 Å². The number of likely N-dealkylation sites (tertiary alicyclic amines) is 1. The Labute approximate surface area is 508 Å². The van der Waals surface area contributed by atoms with E-state index < -0.39 is 82.3 Å². The van der Waals surface area contributed by atoms with Crippen LogP contribution >= 0.6 is 23.4 Å². The zero-order valence-corrected chi connectivity index (χ0v) is 51.3. The van der Waals surface area contributed by atoms with E-state index in [9.17, 15) is 48.3 Å². The number of hydrogen-bond donors (Lipinski definition) is 3. The number of allylic oxidation sites excluding steroid dienone is 3. The van der Waals surface area contributed by atoms with Crippen LogP contribution < -0.4 is 20.3 Å². The smallest absolute Gasteiger partial charge is 0.409 e. The lowest BCUT2D eigenvalue weighted by Crippen LogP contribution is -2.72. The second-order valence-corrected chi connectivity index (χ2v) is 23.1. The lowest BCUT2D eigenvalue weighted by atomic mass is 9.72. The Morgan fingerprint density at radius 2 is 1.49 bits per heavy atom. The van der Waals surface area contributed by atoms with Gasteiger partial charge in [0.25, 0.3) is 11.8 Å². The molecule has 4 fully saturated rings. The van der Waals surface area contributed by atoms with Gasteiger partial charge in [0, 0.05) is 71.5 Å². The zero-order chi connectivity index (χ0) is 62.6. The monoisotopic (exact) mass is 1250 g/mol. The molecule has 6 bridgehead atoms. The maximum atomic E-state index is 14.3. The van der Waals surface area contributed by atoms with Crippen molar-refractivity contribution >= 4 is 82.5 Å². The van der Waals surface area contributed by atoms with Gasteiger partial charge in [-0.3, -0.25) is 39.0 Å². The molecule has 6 aliphatic heterocycles. The normalized spacial score (nSPS) is 26.6. The van der Waals surface area contributed by atoms with Crippen LogP contribution in [0.4, 0.5) is 10.5 Å². The first-order chi connectivity index (χ1) is 41.0. The van der Waals surface area contributed by atoms with Crippen molar-refractivity contribution in [2.45, 2.75) is 132 Å². The number of carbonyl (C=O) groups is 9. The molecular weight excluding hydrogens is 1170 g/mol. The lowest BCUT2D eigenvalue weighted by molar-refractivity contribution is -0.328. The van der Waals surface area contributed by atoms with E-state index in [2.05, 4.69) is 10.6 Å². The number of rotatable bonds is 31. The summed E-state index contributed by atoms with van der Waals surface area (Å²) in [6.07, 6.45) is -0.143. The number of fused-ring (bicyclic) bond motifs is 6. The van der Waals surface area contributed by atoms with Crippen molar-refractivity contribution < 1.29 is 105 Å². The van der Waals surface area contributed by atoms with Crippen LogP contribution in [0.5, 0.6) is 5.75 Å². The number of benzene rings is 1. The zero-order valence-electron chi connectivity index (χ0n) is 49.7. The highest BCUT2D eigenvalue weighted by atomic mass is 35.5. The molecule has 8 atom stereocenters. The number of alkyl carbamates (subject to hydrolysis) is 1. The molecule has 1 aromatic carbocycles. The van der Waals surface area contributed by atoms with Gasteiger partial charge in [-0.1, -0.05) is 35.4 Å². The molecule has 1 unspecified atom stereocenters. The minimum Gasteiger partial charge on any atom is -0.495 e. The number of carbonyl (C=O) groups excluding carboxylic acids is 9. The maximum absolute atomic E-state index is 14.3. The molecule has 0 radical (unpaired) electrons. The molecule has 0 aliphatic carbocycles. The maximum Gasteiger partial charge on any atom is 0.409 e. The average Bonchev–Trinajstić information content (AvgIpc) is 0.879.